The van der Waals surface area contributed by atoms with Crippen molar-refractivity contribution < 1.29 is 29.0 Å². The highest BCUT2D eigenvalue weighted by Crippen LogP contribution is 2.59. The summed E-state index contributed by atoms with van der Waals surface area (Å²) in [6.45, 7) is 8.43. The molecule has 2 amide bonds. The third-order valence-corrected chi connectivity index (χ3v) is 8.55. The van der Waals surface area contributed by atoms with E-state index in [1.54, 1.807) is 22.0 Å². The number of hydrogen-bond acceptors (Lipinski definition) is 6. The van der Waals surface area contributed by atoms with Crippen LogP contribution in [-0.2, 0) is 23.9 Å². The molecule has 0 saturated carbocycles. The van der Waals surface area contributed by atoms with Crippen molar-refractivity contribution in [2.45, 2.75) is 56.3 Å². The first kappa shape index (κ1) is 28.1. The Morgan fingerprint density at radius 2 is 1.93 bits per heavy atom. The third-order valence-electron chi connectivity index (χ3n) is 8.55. The van der Waals surface area contributed by atoms with Gasteiger partial charge in [0.2, 0.25) is 5.91 Å². The number of aliphatic hydroxyl groups is 1. The van der Waals surface area contributed by atoms with Crippen LogP contribution in [0.2, 0.25) is 0 Å². The zero-order chi connectivity index (χ0) is 28.3. The number of rotatable bonds is 13. The van der Waals surface area contributed by atoms with Crippen LogP contribution < -0.4 is 4.90 Å². The molecule has 0 aromatic heterocycles. The molecule has 212 valence electrons. The molecule has 1 spiro atoms. The minimum atomic E-state index is -1.09. The quantitative estimate of drug-likeness (QED) is 0.232. The topological polar surface area (TPSA) is 96.4 Å². The predicted octanol–water partition coefficient (Wildman–Crippen LogP) is 4.02. The zero-order valence-corrected chi connectivity index (χ0v) is 22.9. The van der Waals surface area contributed by atoms with Gasteiger partial charge < -0.3 is 24.4 Å². The van der Waals surface area contributed by atoms with Crippen molar-refractivity contribution >= 4 is 34.2 Å². The van der Waals surface area contributed by atoms with Crippen molar-refractivity contribution in [2.75, 3.05) is 31.2 Å². The van der Waals surface area contributed by atoms with Gasteiger partial charge in [-0.25, -0.2) is 0 Å². The van der Waals surface area contributed by atoms with Gasteiger partial charge in [0.15, 0.2) is 0 Å². The van der Waals surface area contributed by atoms with Crippen molar-refractivity contribution in [3.8, 4) is 0 Å². The fraction of sp³-hybridized carbons (Fsp3) is 0.469. The molecule has 3 saturated heterocycles. The molecule has 5 rings (SSSR count). The third kappa shape index (κ3) is 4.84. The van der Waals surface area contributed by atoms with Gasteiger partial charge in [0, 0.05) is 25.4 Å². The van der Waals surface area contributed by atoms with Gasteiger partial charge in [0.1, 0.15) is 11.6 Å². The van der Waals surface area contributed by atoms with Crippen molar-refractivity contribution in [2.24, 2.45) is 11.8 Å². The van der Waals surface area contributed by atoms with Crippen LogP contribution in [0.1, 0.15) is 38.5 Å². The van der Waals surface area contributed by atoms with Crippen LogP contribution in [0, 0.1) is 11.8 Å². The fourth-order valence-electron chi connectivity index (χ4n) is 6.79. The van der Waals surface area contributed by atoms with Crippen molar-refractivity contribution in [3.63, 3.8) is 0 Å². The Balaban J connectivity index is 1.51. The maximum absolute atomic E-state index is 14.6. The Morgan fingerprint density at radius 1 is 1.12 bits per heavy atom. The highest BCUT2D eigenvalue weighted by atomic mass is 16.6. The number of aliphatic hydroxyl groups excluding tert-OH is 1. The van der Waals surface area contributed by atoms with Crippen LogP contribution in [0.15, 0.2) is 67.8 Å². The summed E-state index contributed by atoms with van der Waals surface area (Å²) in [6.07, 6.45) is 6.50. The smallest absolute Gasteiger partial charge is 0.312 e. The second kappa shape index (κ2) is 11.9. The van der Waals surface area contributed by atoms with Gasteiger partial charge in [-0.05, 0) is 61.4 Å². The summed E-state index contributed by atoms with van der Waals surface area (Å²) in [6, 6.07) is 12.9. The number of amides is 2. The van der Waals surface area contributed by atoms with E-state index >= 15 is 0 Å². The van der Waals surface area contributed by atoms with E-state index in [0.29, 0.717) is 44.3 Å². The summed E-state index contributed by atoms with van der Waals surface area (Å²) in [7, 11) is 0. The Kier molecular flexibility index (Phi) is 8.38. The van der Waals surface area contributed by atoms with E-state index in [4.69, 9.17) is 9.47 Å². The molecule has 0 radical (unpaired) electrons. The number of likely N-dealkylation sites (tertiary alicyclic amines) is 1. The largest absolute Gasteiger partial charge is 0.465 e. The number of carbonyl (C=O) groups excluding carboxylic acids is 3. The van der Waals surface area contributed by atoms with Gasteiger partial charge in [0.05, 0.1) is 24.5 Å². The van der Waals surface area contributed by atoms with E-state index in [1.807, 2.05) is 42.5 Å². The number of unbranched alkanes of at least 4 members (excludes halogenated alkanes) is 2. The molecule has 3 heterocycles. The van der Waals surface area contributed by atoms with Crippen LogP contribution >= 0.6 is 0 Å². The first-order valence-electron chi connectivity index (χ1n) is 14.2. The van der Waals surface area contributed by atoms with E-state index in [1.165, 1.54) is 0 Å². The summed E-state index contributed by atoms with van der Waals surface area (Å²) in [5.74, 6) is -2.42. The molecular weight excluding hydrogens is 508 g/mol. The predicted molar refractivity (Wildman–Crippen MR) is 153 cm³/mol. The van der Waals surface area contributed by atoms with Crippen LogP contribution in [0.3, 0.4) is 0 Å². The molecule has 40 heavy (non-hydrogen) atoms. The molecule has 2 unspecified atom stereocenters. The number of nitrogens with zero attached hydrogens (tertiary/aromatic N) is 2. The van der Waals surface area contributed by atoms with E-state index in [0.717, 1.165) is 17.2 Å². The van der Waals surface area contributed by atoms with Gasteiger partial charge in [-0.1, -0.05) is 42.5 Å². The highest BCUT2D eigenvalue weighted by molar-refractivity contribution is 6.05. The van der Waals surface area contributed by atoms with Gasteiger partial charge >= 0.3 is 5.97 Å². The minimum absolute atomic E-state index is 0.0708. The summed E-state index contributed by atoms with van der Waals surface area (Å²) in [4.78, 5) is 45.2. The number of benzene rings is 2. The second-order valence-electron chi connectivity index (χ2n) is 10.9. The Labute approximate surface area is 235 Å². The SMILES string of the molecule is C=CCCOC(=O)[C@@H]1[C@H]2C(=O)N(CCCCCO)C(C(=O)N(CC=C)c3ccc4ccccc4c3)C23CC[C@H]1O3. The molecule has 2 aromatic carbocycles. The lowest BCUT2D eigenvalue weighted by Gasteiger charge is -2.37. The summed E-state index contributed by atoms with van der Waals surface area (Å²) >= 11 is 0. The number of fused-ring (bicyclic) bond motifs is 2. The monoisotopic (exact) mass is 546 g/mol. The molecule has 2 bridgehead atoms. The molecule has 2 aromatic rings. The minimum Gasteiger partial charge on any atom is -0.465 e. The molecule has 0 aliphatic carbocycles. The molecule has 3 aliphatic rings. The van der Waals surface area contributed by atoms with Gasteiger partial charge in [-0.3, -0.25) is 14.4 Å². The summed E-state index contributed by atoms with van der Waals surface area (Å²) in [5.41, 5.74) is -0.377. The van der Waals surface area contributed by atoms with Gasteiger partial charge in [-0.15, -0.1) is 13.2 Å². The first-order valence-corrected chi connectivity index (χ1v) is 14.2. The number of ether oxygens (including phenoxy) is 2. The summed E-state index contributed by atoms with van der Waals surface area (Å²) in [5, 5.41) is 11.3. The average Bonchev–Trinajstić information content (AvgIpc) is 3.61. The normalized spacial score (nSPS) is 26.6. The lowest BCUT2D eigenvalue weighted by atomic mass is 9.70. The molecule has 3 fully saturated rings. The maximum Gasteiger partial charge on any atom is 0.312 e. The van der Waals surface area contributed by atoms with Crippen LogP contribution in [-0.4, -0.2) is 71.8 Å². The first-order chi connectivity index (χ1) is 19.5. The van der Waals surface area contributed by atoms with Gasteiger partial charge in [-0.2, -0.15) is 0 Å². The van der Waals surface area contributed by atoms with Crippen molar-refractivity contribution in [1.29, 1.82) is 0 Å². The standard InChI is InChI=1S/C32H38N2O6/c1-3-5-20-39-31(38)26-25-15-16-32(40-25)27(26)29(36)34(18-9-6-10-19-35)28(32)30(37)33(17-4-2)24-14-13-22-11-7-8-12-23(22)21-24/h3-4,7-8,11-14,21,25-28,35H,1-2,5-6,9-10,15-20H2/t25-,26+,27+,28?,32?/m1/s1. The number of anilines is 1. The van der Waals surface area contributed by atoms with Crippen LogP contribution in [0.5, 0.6) is 0 Å². The molecule has 1 N–H and O–H groups in total. The molecule has 8 heteroatoms. The Bertz CT molecular complexity index is 1290. The number of esters is 1. The van der Waals surface area contributed by atoms with E-state index in [9.17, 15) is 19.5 Å². The van der Waals surface area contributed by atoms with Crippen molar-refractivity contribution in [3.05, 3.63) is 67.8 Å². The number of hydrogen-bond donors (Lipinski definition) is 1. The Hall–Kier alpha value is -3.49. The number of carbonyl (C=O) groups is 3. The van der Waals surface area contributed by atoms with Gasteiger partial charge in [0.25, 0.3) is 5.91 Å². The Morgan fingerprint density at radius 3 is 2.67 bits per heavy atom. The molecule has 3 aliphatic heterocycles. The zero-order valence-electron chi connectivity index (χ0n) is 22.9. The molecule has 5 atom stereocenters. The summed E-state index contributed by atoms with van der Waals surface area (Å²) < 4.78 is 12.0. The maximum atomic E-state index is 14.6. The van der Waals surface area contributed by atoms with Crippen LogP contribution in [0.25, 0.3) is 10.8 Å². The average molecular weight is 547 g/mol. The molecule has 8 nitrogen and oxygen atoms in total. The lowest BCUT2D eigenvalue weighted by molar-refractivity contribution is -0.155. The highest BCUT2D eigenvalue weighted by Gasteiger charge is 2.75. The van der Waals surface area contributed by atoms with Crippen molar-refractivity contribution in [1.82, 2.24) is 4.90 Å². The van der Waals surface area contributed by atoms with E-state index in [-0.39, 0.29) is 31.6 Å². The fourth-order valence-corrected chi connectivity index (χ4v) is 6.79. The van der Waals surface area contributed by atoms with Crippen LogP contribution in [0.4, 0.5) is 5.69 Å². The van der Waals surface area contributed by atoms with E-state index < -0.39 is 35.6 Å². The molecular formula is C32H38N2O6. The second-order valence-corrected chi connectivity index (χ2v) is 10.9. The van der Waals surface area contributed by atoms with E-state index in [2.05, 4.69) is 13.2 Å². The lowest BCUT2D eigenvalue weighted by Crippen LogP contribution is -2.56.